The summed E-state index contributed by atoms with van der Waals surface area (Å²) in [5, 5.41) is 6.43. The molecule has 1 unspecified atom stereocenters. The lowest BCUT2D eigenvalue weighted by molar-refractivity contribution is -0.144. The molecule has 0 amide bonds. The second-order valence-corrected chi connectivity index (χ2v) is 4.65. The van der Waals surface area contributed by atoms with Gasteiger partial charge in [-0.05, 0) is 12.5 Å². The van der Waals surface area contributed by atoms with Crippen LogP contribution < -0.4 is 5.32 Å². The number of nitrogens with zero attached hydrogens (tertiary/aromatic N) is 2. The van der Waals surface area contributed by atoms with E-state index in [0.29, 0.717) is 6.42 Å². The molecule has 0 aliphatic heterocycles. The van der Waals surface area contributed by atoms with Crippen molar-refractivity contribution >= 4 is 5.97 Å². The molecule has 1 aromatic heterocycles. The molecule has 0 spiro atoms. The Balaban J connectivity index is 2.63. The number of carbonyl (C=O) groups excluding carboxylic acids is 1. The molecule has 1 rings (SSSR count). The highest BCUT2D eigenvalue weighted by Crippen LogP contribution is 2.27. The minimum absolute atomic E-state index is 0.0578. The normalized spacial score (nSPS) is 13.6. The second kappa shape index (κ2) is 6.74. The SMILES string of the molecule is COC(=O)C(CCn1ccc(C(F)(F)F)n1)NC(C)C. The van der Waals surface area contributed by atoms with Gasteiger partial charge in [0.05, 0.1) is 7.11 Å². The van der Waals surface area contributed by atoms with E-state index in [9.17, 15) is 18.0 Å². The van der Waals surface area contributed by atoms with Crippen molar-refractivity contribution in [1.29, 1.82) is 0 Å². The predicted molar refractivity (Wildman–Crippen MR) is 65.9 cm³/mol. The Labute approximate surface area is 115 Å². The van der Waals surface area contributed by atoms with Gasteiger partial charge in [-0.2, -0.15) is 18.3 Å². The molecular weight excluding hydrogens is 275 g/mol. The summed E-state index contributed by atoms with van der Waals surface area (Å²) in [6, 6.07) is 0.393. The number of methoxy groups -OCH3 is 1. The Kier molecular flexibility index (Phi) is 5.55. The third-order valence-corrected chi connectivity index (χ3v) is 2.60. The molecule has 0 radical (unpaired) electrons. The Bertz CT molecular complexity index is 443. The minimum atomic E-state index is -4.46. The summed E-state index contributed by atoms with van der Waals surface area (Å²) < 4.78 is 43.0. The van der Waals surface area contributed by atoms with E-state index in [4.69, 9.17) is 0 Å². The topological polar surface area (TPSA) is 56.2 Å². The van der Waals surface area contributed by atoms with Crippen LogP contribution in [0.15, 0.2) is 12.3 Å². The lowest BCUT2D eigenvalue weighted by Gasteiger charge is -2.18. The number of halogens is 3. The maximum Gasteiger partial charge on any atom is 0.435 e. The van der Waals surface area contributed by atoms with Crippen LogP contribution >= 0.6 is 0 Å². The first-order chi connectivity index (χ1) is 9.24. The van der Waals surface area contributed by atoms with E-state index < -0.39 is 23.9 Å². The van der Waals surface area contributed by atoms with Crippen LogP contribution in [0.2, 0.25) is 0 Å². The summed E-state index contributed by atoms with van der Waals surface area (Å²) >= 11 is 0. The molecule has 0 aliphatic carbocycles. The van der Waals surface area contributed by atoms with Crippen LogP contribution in [0.4, 0.5) is 13.2 Å². The summed E-state index contributed by atoms with van der Waals surface area (Å²) in [5.74, 6) is -0.443. The molecule has 1 heterocycles. The maximum absolute atomic E-state index is 12.4. The molecule has 114 valence electrons. The predicted octanol–water partition coefficient (Wildman–Crippen LogP) is 1.83. The molecule has 0 fully saturated rings. The fourth-order valence-corrected chi connectivity index (χ4v) is 1.71. The molecule has 1 N–H and O–H groups in total. The Hall–Kier alpha value is -1.57. The van der Waals surface area contributed by atoms with Crippen LogP contribution in [0.1, 0.15) is 26.0 Å². The van der Waals surface area contributed by atoms with Crippen LogP contribution in [0.25, 0.3) is 0 Å². The van der Waals surface area contributed by atoms with Gasteiger partial charge in [-0.15, -0.1) is 0 Å². The number of carbonyl (C=O) groups is 1. The number of hydrogen-bond donors (Lipinski definition) is 1. The van der Waals surface area contributed by atoms with Crippen molar-refractivity contribution in [3.05, 3.63) is 18.0 Å². The molecule has 0 saturated heterocycles. The van der Waals surface area contributed by atoms with Gasteiger partial charge in [0.1, 0.15) is 6.04 Å². The number of ether oxygens (including phenoxy) is 1. The zero-order chi connectivity index (χ0) is 15.3. The number of alkyl halides is 3. The van der Waals surface area contributed by atoms with Gasteiger partial charge in [-0.1, -0.05) is 13.8 Å². The minimum Gasteiger partial charge on any atom is -0.468 e. The quantitative estimate of drug-likeness (QED) is 0.813. The van der Waals surface area contributed by atoms with E-state index in [-0.39, 0.29) is 12.6 Å². The summed E-state index contributed by atoms with van der Waals surface area (Å²) in [6.45, 7) is 3.92. The van der Waals surface area contributed by atoms with Crippen molar-refractivity contribution in [3.8, 4) is 0 Å². The zero-order valence-electron chi connectivity index (χ0n) is 11.6. The third-order valence-electron chi connectivity index (χ3n) is 2.60. The van der Waals surface area contributed by atoms with Crippen molar-refractivity contribution in [2.45, 2.75) is 45.1 Å². The van der Waals surface area contributed by atoms with Gasteiger partial charge < -0.3 is 10.1 Å². The van der Waals surface area contributed by atoms with Gasteiger partial charge in [0.2, 0.25) is 0 Å². The van der Waals surface area contributed by atoms with Crippen molar-refractivity contribution in [2.75, 3.05) is 7.11 Å². The first kappa shape index (κ1) is 16.5. The van der Waals surface area contributed by atoms with Gasteiger partial charge in [-0.3, -0.25) is 9.48 Å². The third kappa shape index (κ3) is 4.84. The number of nitrogens with one attached hydrogen (secondary N) is 1. The standard InChI is InChI=1S/C12H18F3N3O2/c1-8(2)16-9(11(19)20-3)4-6-18-7-5-10(17-18)12(13,14)15/h5,7-9,16H,4,6H2,1-3H3. The number of esters is 1. The molecule has 20 heavy (non-hydrogen) atoms. The zero-order valence-corrected chi connectivity index (χ0v) is 11.6. The van der Waals surface area contributed by atoms with E-state index in [2.05, 4.69) is 15.2 Å². The van der Waals surface area contributed by atoms with E-state index in [0.717, 1.165) is 6.07 Å². The summed E-state index contributed by atoms with van der Waals surface area (Å²) in [4.78, 5) is 11.5. The average Bonchev–Trinajstić information content (AvgIpc) is 2.81. The van der Waals surface area contributed by atoms with Crippen molar-refractivity contribution in [2.24, 2.45) is 0 Å². The maximum atomic E-state index is 12.4. The monoisotopic (exact) mass is 293 g/mol. The van der Waals surface area contributed by atoms with Crippen LogP contribution in [0.5, 0.6) is 0 Å². The highest BCUT2D eigenvalue weighted by molar-refractivity contribution is 5.75. The Morgan fingerprint density at radius 3 is 2.60 bits per heavy atom. The second-order valence-electron chi connectivity index (χ2n) is 4.65. The van der Waals surface area contributed by atoms with Gasteiger partial charge >= 0.3 is 12.1 Å². The number of rotatable bonds is 6. The molecule has 1 atom stereocenters. The molecule has 8 heteroatoms. The van der Waals surface area contributed by atoms with Gasteiger partial charge in [-0.25, -0.2) is 0 Å². The first-order valence-electron chi connectivity index (χ1n) is 6.18. The van der Waals surface area contributed by atoms with Crippen LogP contribution in [0, 0.1) is 0 Å². The van der Waals surface area contributed by atoms with Gasteiger partial charge in [0.25, 0.3) is 0 Å². The molecule has 0 aromatic carbocycles. The lowest BCUT2D eigenvalue weighted by atomic mass is 10.2. The number of aryl methyl sites for hydroxylation is 1. The van der Waals surface area contributed by atoms with Gasteiger partial charge in [0, 0.05) is 18.8 Å². The molecule has 0 saturated carbocycles. The van der Waals surface area contributed by atoms with Crippen LogP contribution in [-0.4, -0.2) is 34.9 Å². The summed E-state index contributed by atoms with van der Waals surface area (Å²) in [7, 11) is 1.27. The summed E-state index contributed by atoms with van der Waals surface area (Å²) in [5.41, 5.74) is -0.941. The smallest absolute Gasteiger partial charge is 0.435 e. The van der Waals surface area contributed by atoms with E-state index >= 15 is 0 Å². The number of hydrogen-bond acceptors (Lipinski definition) is 4. The highest BCUT2D eigenvalue weighted by Gasteiger charge is 2.33. The van der Waals surface area contributed by atoms with Crippen LogP contribution in [-0.2, 0) is 22.3 Å². The van der Waals surface area contributed by atoms with Crippen molar-refractivity contribution < 1.29 is 22.7 Å². The largest absolute Gasteiger partial charge is 0.468 e. The summed E-state index contributed by atoms with van der Waals surface area (Å²) in [6.07, 6.45) is -2.92. The van der Waals surface area contributed by atoms with Crippen molar-refractivity contribution in [3.63, 3.8) is 0 Å². The number of aromatic nitrogens is 2. The first-order valence-corrected chi connectivity index (χ1v) is 6.18. The molecule has 0 bridgehead atoms. The molecule has 1 aromatic rings. The van der Waals surface area contributed by atoms with E-state index in [1.54, 1.807) is 0 Å². The Morgan fingerprint density at radius 1 is 1.50 bits per heavy atom. The lowest BCUT2D eigenvalue weighted by Crippen LogP contribution is -2.42. The average molecular weight is 293 g/mol. The Morgan fingerprint density at radius 2 is 2.15 bits per heavy atom. The molecule has 5 nitrogen and oxygen atoms in total. The highest BCUT2D eigenvalue weighted by atomic mass is 19.4. The van der Waals surface area contributed by atoms with E-state index in [1.165, 1.54) is 18.0 Å². The molecular formula is C12H18F3N3O2. The fraction of sp³-hybridized carbons (Fsp3) is 0.667. The fourth-order valence-electron chi connectivity index (χ4n) is 1.71. The van der Waals surface area contributed by atoms with E-state index in [1.807, 2.05) is 13.8 Å². The van der Waals surface area contributed by atoms with Crippen LogP contribution in [0.3, 0.4) is 0 Å². The van der Waals surface area contributed by atoms with Gasteiger partial charge in [0.15, 0.2) is 5.69 Å². The molecule has 0 aliphatic rings. The van der Waals surface area contributed by atoms with Crippen molar-refractivity contribution in [1.82, 2.24) is 15.1 Å².